The Morgan fingerprint density at radius 1 is 1.00 bits per heavy atom. The molecule has 0 fully saturated rings. The van der Waals surface area contributed by atoms with E-state index in [1.807, 2.05) is 54.6 Å². The molecule has 5 rings (SSSR count). The molecule has 0 unspecified atom stereocenters. The van der Waals surface area contributed by atoms with Gasteiger partial charge in [0.1, 0.15) is 18.1 Å². The summed E-state index contributed by atoms with van der Waals surface area (Å²) < 4.78 is 12.6. The maximum Gasteiger partial charge on any atom is 0.270 e. The zero-order valence-corrected chi connectivity index (χ0v) is 17.8. The van der Waals surface area contributed by atoms with E-state index in [0.717, 1.165) is 16.5 Å². The second-order valence-electron chi connectivity index (χ2n) is 7.19. The highest BCUT2D eigenvalue weighted by Crippen LogP contribution is 2.23. The SMILES string of the molecule is COc1cccc(-c2nnc3ccc(OCCNC(=O)c4ccc5ccccc5n4)nn23)c1. The van der Waals surface area contributed by atoms with E-state index in [0.29, 0.717) is 35.3 Å². The van der Waals surface area contributed by atoms with Crippen LogP contribution in [0, 0.1) is 0 Å². The number of ether oxygens (including phenoxy) is 2. The van der Waals surface area contributed by atoms with Gasteiger partial charge in [-0.25, -0.2) is 4.98 Å². The number of methoxy groups -OCH3 is 1. The molecule has 9 heteroatoms. The maximum atomic E-state index is 12.4. The van der Waals surface area contributed by atoms with Gasteiger partial charge >= 0.3 is 0 Å². The van der Waals surface area contributed by atoms with Crippen LogP contribution in [-0.4, -0.2) is 51.0 Å². The quantitative estimate of drug-likeness (QED) is 0.388. The van der Waals surface area contributed by atoms with Crippen LogP contribution >= 0.6 is 0 Å². The molecule has 0 saturated carbocycles. The number of carbonyl (C=O) groups is 1. The van der Waals surface area contributed by atoms with E-state index in [1.165, 1.54) is 0 Å². The summed E-state index contributed by atoms with van der Waals surface area (Å²) in [6.45, 7) is 0.548. The average molecular weight is 440 g/mol. The minimum Gasteiger partial charge on any atom is -0.497 e. The van der Waals surface area contributed by atoms with Crippen molar-refractivity contribution in [3.63, 3.8) is 0 Å². The zero-order valence-electron chi connectivity index (χ0n) is 17.8. The Morgan fingerprint density at radius 3 is 2.82 bits per heavy atom. The van der Waals surface area contributed by atoms with Gasteiger partial charge in [-0.1, -0.05) is 36.4 Å². The molecular weight excluding hydrogens is 420 g/mol. The lowest BCUT2D eigenvalue weighted by Gasteiger charge is -2.08. The molecule has 0 atom stereocenters. The van der Waals surface area contributed by atoms with Crippen LogP contribution in [-0.2, 0) is 0 Å². The number of hydrogen-bond acceptors (Lipinski definition) is 7. The standard InChI is InChI=1S/C24H20N6O3/c1-32-18-7-4-6-17(15-18)23-28-27-21-11-12-22(29-30(21)23)33-14-13-25-24(31)20-10-9-16-5-2-3-8-19(16)26-20/h2-12,15H,13-14H2,1H3,(H,25,31). The summed E-state index contributed by atoms with van der Waals surface area (Å²) in [6, 6.07) is 22.2. The first-order chi connectivity index (χ1) is 16.2. The van der Waals surface area contributed by atoms with Crippen LogP contribution in [0.3, 0.4) is 0 Å². The Balaban J connectivity index is 1.23. The van der Waals surface area contributed by atoms with Crippen molar-refractivity contribution in [2.24, 2.45) is 0 Å². The first-order valence-corrected chi connectivity index (χ1v) is 10.3. The molecule has 3 aromatic heterocycles. The van der Waals surface area contributed by atoms with E-state index >= 15 is 0 Å². The van der Waals surface area contributed by atoms with E-state index < -0.39 is 0 Å². The van der Waals surface area contributed by atoms with E-state index in [4.69, 9.17) is 9.47 Å². The third-order valence-electron chi connectivity index (χ3n) is 5.03. The molecule has 2 aromatic carbocycles. The van der Waals surface area contributed by atoms with Crippen LogP contribution in [0.1, 0.15) is 10.5 Å². The molecule has 164 valence electrons. The van der Waals surface area contributed by atoms with Crippen molar-refractivity contribution in [1.29, 1.82) is 0 Å². The normalized spacial score (nSPS) is 10.9. The second kappa shape index (κ2) is 8.91. The van der Waals surface area contributed by atoms with Crippen molar-refractivity contribution in [3.8, 4) is 23.0 Å². The molecule has 0 aliphatic carbocycles. The van der Waals surface area contributed by atoms with Crippen LogP contribution in [0.25, 0.3) is 27.9 Å². The van der Waals surface area contributed by atoms with Crippen molar-refractivity contribution < 1.29 is 14.3 Å². The molecule has 1 N–H and O–H groups in total. The summed E-state index contributed by atoms with van der Waals surface area (Å²) >= 11 is 0. The third-order valence-corrected chi connectivity index (χ3v) is 5.03. The zero-order chi connectivity index (χ0) is 22.6. The number of nitrogens with zero attached hydrogens (tertiary/aromatic N) is 5. The molecule has 0 spiro atoms. The van der Waals surface area contributed by atoms with Gasteiger partial charge in [0.05, 0.1) is 19.2 Å². The molecule has 3 heterocycles. The molecule has 0 aliphatic rings. The smallest absolute Gasteiger partial charge is 0.270 e. The second-order valence-corrected chi connectivity index (χ2v) is 7.19. The Bertz CT molecular complexity index is 1450. The average Bonchev–Trinajstić information content (AvgIpc) is 3.29. The predicted octanol–water partition coefficient (Wildman–Crippen LogP) is 3.16. The Morgan fingerprint density at radius 2 is 1.91 bits per heavy atom. The summed E-state index contributed by atoms with van der Waals surface area (Å²) in [5.74, 6) is 1.43. The number of aromatic nitrogens is 5. The van der Waals surface area contributed by atoms with Gasteiger partial charge in [0.25, 0.3) is 5.91 Å². The van der Waals surface area contributed by atoms with Crippen molar-refractivity contribution in [2.45, 2.75) is 0 Å². The molecule has 0 aliphatic heterocycles. The van der Waals surface area contributed by atoms with Crippen LogP contribution in [0.4, 0.5) is 0 Å². The lowest BCUT2D eigenvalue weighted by molar-refractivity contribution is 0.0942. The van der Waals surface area contributed by atoms with Crippen molar-refractivity contribution in [3.05, 3.63) is 78.5 Å². The minimum absolute atomic E-state index is 0.244. The van der Waals surface area contributed by atoms with Crippen LogP contribution in [0.15, 0.2) is 72.8 Å². The lowest BCUT2D eigenvalue weighted by atomic mass is 10.2. The topological polar surface area (TPSA) is 104 Å². The fraction of sp³-hybridized carbons (Fsp3) is 0.125. The molecule has 33 heavy (non-hydrogen) atoms. The van der Waals surface area contributed by atoms with Crippen molar-refractivity contribution in [2.75, 3.05) is 20.3 Å². The third kappa shape index (κ3) is 4.29. The van der Waals surface area contributed by atoms with Crippen LogP contribution in [0.2, 0.25) is 0 Å². The van der Waals surface area contributed by atoms with E-state index in [1.54, 1.807) is 29.8 Å². The Hall–Kier alpha value is -4.53. The molecule has 0 radical (unpaired) electrons. The first-order valence-electron chi connectivity index (χ1n) is 10.3. The molecular formula is C24H20N6O3. The number of amides is 1. The first kappa shape index (κ1) is 20.4. The number of pyridine rings is 1. The number of benzene rings is 2. The molecule has 0 bridgehead atoms. The summed E-state index contributed by atoms with van der Waals surface area (Å²) in [5.41, 5.74) is 2.55. The van der Waals surface area contributed by atoms with Crippen LogP contribution < -0.4 is 14.8 Å². The lowest BCUT2D eigenvalue weighted by Crippen LogP contribution is -2.28. The summed E-state index contributed by atoms with van der Waals surface area (Å²) in [4.78, 5) is 16.8. The monoisotopic (exact) mass is 440 g/mol. The highest BCUT2D eigenvalue weighted by atomic mass is 16.5. The van der Waals surface area contributed by atoms with Crippen molar-refractivity contribution in [1.82, 2.24) is 30.1 Å². The number of nitrogens with one attached hydrogen (secondary N) is 1. The van der Waals surface area contributed by atoms with Gasteiger partial charge in [0.15, 0.2) is 11.5 Å². The summed E-state index contributed by atoms with van der Waals surface area (Å²) in [6.07, 6.45) is 0. The molecule has 0 saturated heterocycles. The maximum absolute atomic E-state index is 12.4. The fourth-order valence-electron chi connectivity index (χ4n) is 3.39. The minimum atomic E-state index is -0.258. The fourth-order valence-corrected chi connectivity index (χ4v) is 3.39. The van der Waals surface area contributed by atoms with Gasteiger partial charge in [0.2, 0.25) is 5.88 Å². The van der Waals surface area contributed by atoms with E-state index in [2.05, 4.69) is 25.6 Å². The highest BCUT2D eigenvalue weighted by Gasteiger charge is 2.12. The number of rotatable bonds is 7. The van der Waals surface area contributed by atoms with E-state index in [-0.39, 0.29) is 12.5 Å². The Labute approximate surface area is 189 Å². The van der Waals surface area contributed by atoms with Gasteiger partial charge in [-0.3, -0.25) is 4.79 Å². The van der Waals surface area contributed by atoms with Gasteiger partial charge in [-0.2, -0.15) is 4.52 Å². The predicted molar refractivity (Wildman–Crippen MR) is 122 cm³/mol. The highest BCUT2D eigenvalue weighted by molar-refractivity contribution is 5.94. The van der Waals surface area contributed by atoms with Crippen molar-refractivity contribution >= 4 is 22.5 Å². The van der Waals surface area contributed by atoms with E-state index in [9.17, 15) is 4.79 Å². The van der Waals surface area contributed by atoms with Gasteiger partial charge in [0, 0.05) is 17.0 Å². The summed E-state index contributed by atoms with van der Waals surface area (Å²) in [7, 11) is 1.61. The number of para-hydroxylation sites is 1. The van der Waals surface area contributed by atoms with Gasteiger partial charge in [-0.05, 0) is 30.3 Å². The van der Waals surface area contributed by atoms with Crippen LogP contribution in [0.5, 0.6) is 11.6 Å². The largest absolute Gasteiger partial charge is 0.497 e. The molecule has 5 aromatic rings. The Kier molecular flexibility index (Phi) is 5.50. The number of hydrogen-bond donors (Lipinski definition) is 1. The number of fused-ring (bicyclic) bond motifs is 2. The number of carbonyl (C=O) groups excluding carboxylic acids is 1. The van der Waals surface area contributed by atoms with Gasteiger partial charge in [-0.15, -0.1) is 15.3 Å². The van der Waals surface area contributed by atoms with Gasteiger partial charge < -0.3 is 14.8 Å². The summed E-state index contributed by atoms with van der Waals surface area (Å²) in [5, 5.41) is 16.7. The molecule has 1 amide bonds. The molecule has 9 nitrogen and oxygen atoms in total.